The lowest BCUT2D eigenvalue weighted by molar-refractivity contribution is -0.135. The second-order valence-electron chi connectivity index (χ2n) is 9.09. The maximum atomic E-state index is 11.6. The molecule has 0 bridgehead atoms. The number of benzene rings is 1. The average Bonchev–Trinajstić information content (AvgIpc) is 3.55. The number of aliphatic imine (C=N–C) groups is 1. The minimum Gasteiger partial charge on any atom is -0.497 e. The number of aliphatic hydroxyl groups is 1. The summed E-state index contributed by atoms with van der Waals surface area (Å²) in [5, 5.41) is 14.8. The number of H-pyrrole nitrogens is 1. The molecule has 2 saturated heterocycles. The largest absolute Gasteiger partial charge is 0.497 e. The molecule has 0 aliphatic carbocycles. The Balaban J connectivity index is 1.28. The Morgan fingerprint density at radius 2 is 2.09 bits per heavy atom. The van der Waals surface area contributed by atoms with Gasteiger partial charge in [-0.05, 0) is 31.1 Å². The van der Waals surface area contributed by atoms with Gasteiger partial charge in [-0.25, -0.2) is 4.99 Å². The number of hydrogen-bond acceptors (Lipinski definition) is 8. The highest BCUT2D eigenvalue weighted by Crippen LogP contribution is 2.34. The number of thioether (sulfide) groups is 1. The number of rotatable bonds is 7. The molecule has 9 nitrogen and oxygen atoms in total. The number of nitrogens with zero attached hydrogens (tertiary/aromatic N) is 3. The van der Waals surface area contributed by atoms with Crippen molar-refractivity contribution >= 4 is 39.3 Å². The molecule has 3 aliphatic heterocycles. The number of hydrogen-bond donors (Lipinski definition) is 3. The summed E-state index contributed by atoms with van der Waals surface area (Å²) in [6.45, 7) is 4.93. The standard InChI is InChI=1S/C25H33N5O4S/c1-33-20-12-17-13-22(28-24(17)21(14-20)26-18-3-10-34-11-4-18)25-27-19(16-35-25)2-5-29-6-8-30(9-7-29)23(32)15-31/h2,12-14,18,26,28,31H,3-11,15-16H2,1H3/b19-2+. The van der Waals surface area contributed by atoms with E-state index in [4.69, 9.17) is 19.6 Å². The average molecular weight is 500 g/mol. The lowest BCUT2D eigenvalue weighted by Crippen LogP contribution is -2.49. The summed E-state index contributed by atoms with van der Waals surface area (Å²) in [5.41, 5.74) is 4.22. The number of amides is 1. The molecule has 2 aromatic rings. The van der Waals surface area contributed by atoms with Crippen LogP contribution in [-0.4, -0.2) is 102 Å². The number of ether oxygens (including phenoxy) is 2. The summed E-state index contributed by atoms with van der Waals surface area (Å²) in [5.74, 6) is 1.50. The van der Waals surface area contributed by atoms with Crippen molar-refractivity contribution in [2.24, 2.45) is 4.99 Å². The zero-order chi connectivity index (χ0) is 24.2. The van der Waals surface area contributed by atoms with Crippen molar-refractivity contribution in [2.75, 3.05) is 70.7 Å². The number of aromatic amines is 1. The molecule has 10 heteroatoms. The molecule has 5 rings (SSSR count). The molecule has 1 amide bonds. The van der Waals surface area contributed by atoms with Crippen LogP contribution in [0.5, 0.6) is 5.75 Å². The van der Waals surface area contributed by atoms with E-state index in [0.717, 1.165) is 90.2 Å². The third-order valence-electron chi connectivity index (χ3n) is 6.80. The molecular weight excluding hydrogens is 466 g/mol. The fraction of sp³-hybridized carbons (Fsp3) is 0.520. The minimum absolute atomic E-state index is 0.188. The molecule has 4 heterocycles. The smallest absolute Gasteiger partial charge is 0.248 e. The number of fused-ring (bicyclic) bond motifs is 1. The molecule has 0 radical (unpaired) electrons. The van der Waals surface area contributed by atoms with Crippen molar-refractivity contribution in [3.05, 3.63) is 35.7 Å². The van der Waals surface area contributed by atoms with Crippen LogP contribution in [0.1, 0.15) is 18.5 Å². The zero-order valence-electron chi connectivity index (χ0n) is 20.1. The fourth-order valence-corrected chi connectivity index (χ4v) is 5.63. The predicted molar refractivity (Wildman–Crippen MR) is 139 cm³/mol. The van der Waals surface area contributed by atoms with Gasteiger partial charge in [0.25, 0.3) is 0 Å². The summed E-state index contributed by atoms with van der Waals surface area (Å²) < 4.78 is 11.1. The van der Waals surface area contributed by atoms with Gasteiger partial charge in [0.05, 0.1) is 24.0 Å². The molecule has 35 heavy (non-hydrogen) atoms. The van der Waals surface area contributed by atoms with E-state index in [1.807, 2.05) is 0 Å². The van der Waals surface area contributed by atoms with Crippen LogP contribution in [-0.2, 0) is 9.53 Å². The van der Waals surface area contributed by atoms with Gasteiger partial charge in [-0.2, -0.15) is 0 Å². The third-order valence-corrected chi connectivity index (χ3v) is 7.82. The first-order valence-electron chi connectivity index (χ1n) is 12.2. The van der Waals surface area contributed by atoms with Gasteiger partial charge in [-0.1, -0.05) is 11.8 Å². The molecule has 0 spiro atoms. The molecule has 0 atom stereocenters. The molecule has 1 aromatic carbocycles. The van der Waals surface area contributed by atoms with Crippen LogP contribution in [0.15, 0.2) is 35.0 Å². The zero-order valence-corrected chi connectivity index (χ0v) is 20.9. The van der Waals surface area contributed by atoms with Crippen LogP contribution in [0.25, 0.3) is 10.9 Å². The summed E-state index contributed by atoms with van der Waals surface area (Å²) in [6, 6.07) is 6.66. The molecule has 3 N–H and O–H groups in total. The van der Waals surface area contributed by atoms with E-state index in [1.54, 1.807) is 23.8 Å². The van der Waals surface area contributed by atoms with E-state index < -0.39 is 6.61 Å². The number of nitrogens with one attached hydrogen (secondary N) is 2. The third kappa shape index (κ3) is 5.66. The first-order valence-corrected chi connectivity index (χ1v) is 13.2. The number of aliphatic hydroxyl groups excluding tert-OH is 1. The highest BCUT2D eigenvalue weighted by molar-refractivity contribution is 8.14. The summed E-state index contributed by atoms with van der Waals surface area (Å²) in [4.78, 5) is 24.2. The lowest BCUT2D eigenvalue weighted by atomic mass is 10.1. The molecule has 1 aromatic heterocycles. The maximum absolute atomic E-state index is 11.6. The molecule has 0 unspecified atom stereocenters. The van der Waals surface area contributed by atoms with E-state index in [1.165, 1.54) is 0 Å². The van der Waals surface area contributed by atoms with Gasteiger partial charge < -0.3 is 29.8 Å². The van der Waals surface area contributed by atoms with Gasteiger partial charge in [0.15, 0.2) is 0 Å². The van der Waals surface area contributed by atoms with Crippen LogP contribution in [0.3, 0.4) is 0 Å². The van der Waals surface area contributed by atoms with E-state index in [9.17, 15) is 4.79 Å². The van der Waals surface area contributed by atoms with Crippen LogP contribution in [0.2, 0.25) is 0 Å². The van der Waals surface area contributed by atoms with Gasteiger partial charge in [0.1, 0.15) is 17.4 Å². The highest BCUT2D eigenvalue weighted by Gasteiger charge is 2.22. The van der Waals surface area contributed by atoms with E-state index in [0.29, 0.717) is 19.1 Å². The Morgan fingerprint density at radius 1 is 1.29 bits per heavy atom. The highest BCUT2D eigenvalue weighted by atomic mass is 32.2. The Labute approximate surface area is 209 Å². The van der Waals surface area contributed by atoms with Crippen molar-refractivity contribution < 1.29 is 19.4 Å². The van der Waals surface area contributed by atoms with Crippen molar-refractivity contribution in [1.82, 2.24) is 14.8 Å². The van der Waals surface area contributed by atoms with Gasteiger partial charge >= 0.3 is 0 Å². The quantitative estimate of drug-likeness (QED) is 0.537. The molecular formula is C25H33N5O4S. The van der Waals surface area contributed by atoms with Crippen molar-refractivity contribution in [3.8, 4) is 5.75 Å². The monoisotopic (exact) mass is 499 g/mol. The molecule has 2 fully saturated rings. The number of carbonyl (C=O) groups excluding carboxylic acids is 1. The van der Waals surface area contributed by atoms with E-state index in [-0.39, 0.29) is 5.91 Å². The van der Waals surface area contributed by atoms with Gasteiger partial charge in [0, 0.05) is 74.9 Å². The summed E-state index contributed by atoms with van der Waals surface area (Å²) >= 11 is 1.75. The topological polar surface area (TPSA) is 102 Å². The minimum atomic E-state index is -0.410. The Kier molecular flexibility index (Phi) is 7.62. The second kappa shape index (κ2) is 11.0. The van der Waals surface area contributed by atoms with Crippen LogP contribution < -0.4 is 10.1 Å². The Morgan fingerprint density at radius 3 is 2.83 bits per heavy atom. The summed E-state index contributed by atoms with van der Waals surface area (Å²) in [6.07, 6.45) is 4.18. The number of piperazine rings is 1. The predicted octanol–water partition coefficient (Wildman–Crippen LogP) is 2.28. The number of aromatic nitrogens is 1. The number of carbonyl (C=O) groups is 1. The van der Waals surface area contributed by atoms with Gasteiger partial charge in [-0.15, -0.1) is 0 Å². The first kappa shape index (κ1) is 24.2. The van der Waals surface area contributed by atoms with E-state index >= 15 is 0 Å². The number of anilines is 1. The molecule has 188 valence electrons. The van der Waals surface area contributed by atoms with Gasteiger partial charge in [-0.3, -0.25) is 9.69 Å². The maximum Gasteiger partial charge on any atom is 0.248 e. The second-order valence-corrected chi connectivity index (χ2v) is 10.1. The molecule has 0 saturated carbocycles. The normalized spacial score (nSPS) is 21.0. The lowest BCUT2D eigenvalue weighted by Gasteiger charge is -2.33. The Hall–Kier alpha value is -2.53. The van der Waals surface area contributed by atoms with Gasteiger partial charge in [0.2, 0.25) is 5.91 Å². The Bertz CT molecular complexity index is 1120. The van der Waals surface area contributed by atoms with Crippen LogP contribution in [0, 0.1) is 0 Å². The SMILES string of the molecule is COc1cc(NC2CCOCC2)c2[nH]c(C3=N/C(=C/CN4CCN(C(=O)CO)CC4)CS3)cc2c1. The van der Waals surface area contributed by atoms with Crippen molar-refractivity contribution in [2.45, 2.75) is 18.9 Å². The summed E-state index contributed by atoms with van der Waals surface area (Å²) in [7, 11) is 1.70. The number of methoxy groups -OCH3 is 1. The van der Waals surface area contributed by atoms with Crippen molar-refractivity contribution in [3.63, 3.8) is 0 Å². The van der Waals surface area contributed by atoms with E-state index in [2.05, 4.69) is 39.5 Å². The van der Waals surface area contributed by atoms with Crippen molar-refractivity contribution in [1.29, 1.82) is 0 Å². The fourth-order valence-electron chi connectivity index (χ4n) is 4.72. The first-order chi connectivity index (χ1) is 17.1. The van der Waals surface area contributed by atoms with Crippen LogP contribution >= 0.6 is 11.8 Å². The van der Waals surface area contributed by atoms with Crippen LogP contribution in [0.4, 0.5) is 5.69 Å². The molecule has 3 aliphatic rings.